The molecule has 0 unspecified atom stereocenters. The van der Waals surface area contributed by atoms with Crippen molar-refractivity contribution in [3.05, 3.63) is 35.5 Å². The maximum absolute atomic E-state index is 13.1. The van der Waals surface area contributed by atoms with Gasteiger partial charge in [-0.05, 0) is 32.9 Å². The van der Waals surface area contributed by atoms with Gasteiger partial charge in [0.15, 0.2) is 0 Å². The normalized spacial score (nSPS) is 14.3. The number of fused-ring (bicyclic) bond motifs is 1. The zero-order chi connectivity index (χ0) is 22.3. The van der Waals surface area contributed by atoms with Gasteiger partial charge in [-0.25, -0.2) is 4.79 Å². The largest absolute Gasteiger partial charge is 0.573 e. The first-order valence-corrected chi connectivity index (χ1v) is 9.17. The van der Waals surface area contributed by atoms with E-state index in [1.165, 1.54) is 23.1 Å². The molecule has 11 heteroatoms. The van der Waals surface area contributed by atoms with Crippen LogP contribution in [0.1, 0.15) is 36.8 Å². The van der Waals surface area contributed by atoms with Gasteiger partial charge in [-0.15, -0.1) is 13.2 Å². The number of urea groups is 1. The highest BCUT2D eigenvalue weighted by atomic mass is 19.4. The van der Waals surface area contributed by atoms with Crippen LogP contribution < -0.4 is 15.8 Å². The number of hydrogen-bond donors (Lipinski definition) is 2. The van der Waals surface area contributed by atoms with Crippen molar-refractivity contribution >= 4 is 11.9 Å². The summed E-state index contributed by atoms with van der Waals surface area (Å²) in [6, 6.07) is 4.62. The Morgan fingerprint density at radius 1 is 1.20 bits per heavy atom. The Labute approximate surface area is 170 Å². The lowest BCUT2D eigenvalue weighted by Gasteiger charge is -2.27. The third-order valence-electron chi connectivity index (χ3n) is 4.35. The van der Waals surface area contributed by atoms with Crippen molar-refractivity contribution in [2.75, 3.05) is 6.54 Å². The molecule has 0 fully saturated rings. The van der Waals surface area contributed by atoms with E-state index in [9.17, 15) is 22.8 Å². The summed E-state index contributed by atoms with van der Waals surface area (Å²) in [5.74, 6) is -0.876. The fraction of sp³-hybridized carbons (Fsp3) is 0.421. The van der Waals surface area contributed by atoms with Crippen LogP contribution in [-0.4, -0.2) is 45.1 Å². The molecular weight excluding hydrogens is 403 g/mol. The van der Waals surface area contributed by atoms with Crippen LogP contribution in [0.15, 0.2) is 24.3 Å². The van der Waals surface area contributed by atoms with Crippen molar-refractivity contribution in [2.24, 2.45) is 5.73 Å². The van der Waals surface area contributed by atoms with Gasteiger partial charge >= 0.3 is 12.4 Å². The van der Waals surface area contributed by atoms with Gasteiger partial charge in [0.2, 0.25) is 0 Å². The second-order valence-corrected chi connectivity index (χ2v) is 7.93. The highest BCUT2D eigenvalue weighted by molar-refractivity contribution is 6.01. The van der Waals surface area contributed by atoms with Gasteiger partial charge in [0.1, 0.15) is 11.4 Å². The summed E-state index contributed by atoms with van der Waals surface area (Å²) in [5, 5.41) is 7.28. The smallest absolute Gasteiger partial charge is 0.406 e. The number of carbonyl (C=O) groups excluding carboxylic acids is 2. The lowest BCUT2D eigenvalue weighted by molar-refractivity contribution is -0.274. The van der Waals surface area contributed by atoms with Crippen LogP contribution in [-0.2, 0) is 13.1 Å². The zero-order valence-electron chi connectivity index (χ0n) is 16.7. The van der Waals surface area contributed by atoms with Crippen molar-refractivity contribution in [1.29, 1.82) is 0 Å². The second kappa shape index (κ2) is 7.54. The first-order valence-electron chi connectivity index (χ1n) is 9.17. The number of nitrogens with two attached hydrogens (primary N) is 1. The number of primary amides is 1. The number of nitrogens with one attached hydrogen (secondary N) is 1. The first kappa shape index (κ1) is 21.5. The number of nitrogens with zero attached hydrogens (tertiary/aromatic N) is 3. The molecule has 1 aromatic heterocycles. The van der Waals surface area contributed by atoms with E-state index in [2.05, 4.69) is 15.2 Å². The number of hydrogen-bond acceptors (Lipinski definition) is 4. The van der Waals surface area contributed by atoms with Crippen LogP contribution in [0.25, 0.3) is 11.3 Å². The van der Waals surface area contributed by atoms with Crippen molar-refractivity contribution in [2.45, 2.75) is 45.8 Å². The summed E-state index contributed by atoms with van der Waals surface area (Å²) < 4.78 is 43.4. The molecular formula is C19H22F3N5O3. The van der Waals surface area contributed by atoms with Gasteiger partial charge < -0.3 is 20.7 Å². The van der Waals surface area contributed by atoms with Gasteiger partial charge in [-0.3, -0.25) is 9.48 Å². The minimum absolute atomic E-state index is 0.0635. The minimum Gasteiger partial charge on any atom is -0.406 e. The average Bonchev–Trinajstić information content (AvgIpc) is 2.97. The van der Waals surface area contributed by atoms with E-state index in [-0.39, 0.29) is 23.4 Å². The van der Waals surface area contributed by atoms with E-state index in [0.717, 1.165) is 6.07 Å². The summed E-state index contributed by atoms with van der Waals surface area (Å²) in [6.45, 7) is 6.07. The van der Waals surface area contributed by atoms with Crippen LogP contribution in [0.2, 0.25) is 0 Å². The lowest BCUT2D eigenvalue weighted by atomic mass is 10.0. The van der Waals surface area contributed by atoms with E-state index < -0.39 is 29.6 Å². The van der Waals surface area contributed by atoms with Crippen molar-refractivity contribution in [1.82, 2.24) is 20.0 Å². The summed E-state index contributed by atoms with van der Waals surface area (Å²) in [6.07, 6.45) is -4.85. The SMILES string of the molecule is CC(C)(C)NC(=O)c1c(-c2cccc(OC(F)(F)F)c2)nn2c1CN(C(N)=O)CC2. The van der Waals surface area contributed by atoms with Gasteiger partial charge in [-0.1, -0.05) is 12.1 Å². The minimum atomic E-state index is -4.85. The molecule has 3 amide bonds. The number of rotatable bonds is 3. The van der Waals surface area contributed by atoms with Crippen molar-refractivity contribution < 1.29 is 27.5 Å². The molecule has 0 atom stereocenters. The Bertz CT molecular complexity index is 979. The van der Waals surface area contributed by atoms with Crippen LogP contribution in [0.5, 0.6) is 5.75 Å². The number of ether oxygens (including phenoxy) is 1. The van der Waals surface area contributed by atoms with E-state index in [4.69, 9.17) is 5.73 Å². The van der Waals surface area contributed by atoms with Crippen LogP contribution in [0.3, 0.4) is 0 Å². The number of alkyl halides is 3. The fourth-order valence-electron chi connectivity index (χ4n) is 3.19. The third kappa shape index (κ3) is 4.84. The Hall–Kier alpha value is -3.24. The summed E-state index contributed by atoms with van der Waals surface area (Å²) in [4.78, 5) is 26.1. The molecule has 8 nitrogen and oxygen atoms in total. The molecule has 3 N–H and O–H groups in total. The Morgan fingerprint density at radius 3 is 2.50 bits per heavy atom. The average molecular weight is 425 g/mol. The quantitative estimate of drug-likeness (QED) is 0.789. The first-order chi connectivity index (χ1) is 13.8. The van der Waals surface area contributed by atoms with Crippen LogP contribution in [0, 0.1) is 0 Å². The molecule has 2 heterocycles. The number of amides is 3. The Kier molecular flexibility index (Phi) is 5.40. The molecule has 2 aromatic rings. The molecule has 0 spiro atoms. The van der Waals surface area contributed by atoms with Gasteiger partial charge in [-0.2, -0.15) is 5.10 Å². The molecule has 0 saturated heterocycles. The molecule has 0 bridgehead atoms. The summed E-state index contributed by atoms with van der Waals surface area (Å²) in [7, 11) is 0. The third-order valence-corrected chi connectivity index (χ3v) is 4.35. The number of carbonyl (C=O) groups is 2. The van der Waals surface area contributed by atoms with Gasteiger partial charge in [0.25, 0.3) is 5.91 Å². The predicted molar refractivity (Wildman–Crippen MR) is 102 cm³/mol. The van der Waals surface area contributed by atoms with Crippen LogP contribution >= 0.6 is 0 Å². The Balaban J connectivity index is 2.10. The number of benzene rings is 1. The maximum atomic E-state index is 13.1. The highest BCUT2D eigenvalue weighted by Crippen LogP contribution is 2.32. The molecule has 1 aliphatic rings. The maximum Gasteiger partial charge on any atom is 0.573 e. The molecule has 30 heavy (non-hydrogen) atoms. The summed E-state index contributed by atoms with van der Waals surface area (Å²) in [5.41, 5.74) is 5.93. The van der Waals surface area contributed by atoms with E-state index in [1.807, 2.05) is 0 Å². The molecule has 3 rings (SSSR count). The van der Waals surface area contributed by atoms with E-state index in [0.29, 0.717) is 18.8 Å². The van der Waals surface area contributed by atoms with E-state index >= 15 is 0 Å². The van der Waals surface area contributed by atoms with Gasteiger partial charge in [0, 0.05) is 17.6 Å². The molecule has 0 radical (unpaired) electrons. The topological polar surface area (TPSA) is 102 Å². The standard InChI is InChI=1S/C19H22F3N5O3/c1-18(2,3)24-16(28)14-13-10-26(17(23)29)7-8-27(13)25-15(14)11-5-4-6-12(9-11)30-19(20,21)22/h4-6,9H,7-8,10H2,1-3H3,(H2,23,29)(H,24,28). The Morgan fingerprint density at radius 2 is 1.90 bits per heavy atom. The molecule has 1 aromatic carbocycles. The molecule has 0 saturated carbocycles. The monoisotopic (exact) mass is 425 g/mol. The summed E-state index contributed by atoms with van der Waals surface area (Å²) >= 11 is 0. The number of aromatic nitrogens is 2. The second-order valence-electron chi connectivity index (χ2n) is 7.93. The van der Waals surface area contributed by atoms with Crippen molar-refractivity contribution in [3.63, 3.8) is 0 Å². The fourth-order valence-corrected chi connectivity index (χ4v) is 3.19. The molecule has 162 valence electrons. The zero-order valence-corrected chi connectivity index (χ0v) is 16.7. The molecule has 0 aliphatic carbocycles. The van der Waals surface area contributed by atoms with E-state index in [1.54, 1.807) is 25.5 Å². The lowest BCUT2D eigenvalue weighted by Crippen LogP contribution is -2.44. The van der Waals surface area contributed by atoms with Crippen LogP contribution in [0.4, 0.5) is 18.0 Å². The number of halogens is 3. The van der Waals surface area contributed by atoms with Gasteiger partial charge in [0.05, 0.1) is 24.3 Å². The predicted octanol–water partition coefficient (Wildman–Crippen LogP) is 2.87. The molecule has 1 aliphatic heterocycles. The van der Waals surface area contributed by atoms with Crippen molar-refractivity contribution in [3.8, 4) is 17.0 Å². The highest BCUT2D eigenvalue weighted by Gasteiger charge is 2.33.